The number of carbonyl (C=O) groups is 1. The number of rotatable bonds is 7. The zero-order chi connectivity index (χ0) is 26.1. The first kappa shape index (κ1) is 24.9. The molecule has 6 rings (SSSR count). The zero-order valence-electron chi connectivity index (χ0n) is 21.3. The highest BCUT2D eigenvalue weighted by molar-refractivity contribution is 5.97. The Morgan fingerprint density at radius 3 is 2.79 bits per heavy atom. The summed E-state index contributed by atoms with van der Waals surface area (Å²) >= 11 is 0. The van der Waals surface area contributed by atoms with E-state index in [9.17, 15) is 9.18 Å². The van der Waals surface area contributed by atoms with Gasteiger partial charge in [-0.25, -0.2) is 13.8 Å². The molecule has 38 heavy (non-hydrogen) atoms. The highest BCUT2D eigenvalue weighted by Crippen LogP contribution is 2.29. The molecular formula is C29H32F2N6O. The molecular weight excluding hydrogens is 486 g/mol. The van der Waals surface area contributed by atoms with Crippen LogP contribution in [0.2, 0.25) is 0 Å². The second-order valence-electron chi connectivity index (χ2n) is 10.3. The van der Waals surface area contributed by atoms with E-state index in [0.717, 1.165) is 56.5 Å². The fourth-order valence-corrected chi connectivity index (χ4v) is 5.56. The molecule has 2 N–H and O–H groups in total. The van der Waals surface area contributed by atoms with E-state index in [1.807, 2.05) is 22.7 Å². The van der Waals surface area contributed by atoms with Crippen LogP contribution in [0.4, 0.5) is 8.78 Å². The van der Waals surface area contributed by atoms with Crippen LogP contribution >= 0.6 is 0 Å². The van der Waals surface area contributed by atoms with Crippen LogP contribution in [-0.4, -0.2) is 64.1 Å². The predicted octanol–water partition coefficient (Wildman–Crippen LogP) is 4.67. The van der Waals surface area contributed by atoms with Crippen LogP contribution in [-0.2, 0) is 0 Å². The van der Waals surface area contributed by atoms with Gasteiger partial charge in [-0.3, -0.25) is 14.2 Å². The summed E-state index contributed by atoms with van der Waals surface area (Å²) in [6, 6.07) is 11.0. The number of hydrogen-bond acceptors (Lipinski definition) is 5. The molecule has 198 valence electrons. The van der Waals surface area contributed by atoms with Crippen molar-refractivity contribution in [3.63, 3.8) is 0 Å². The fraction of sp³-hybridized carbons (Fsp3) is 0.414. The molecule has 9 heteroatoms. The van der Waals surface area contributed by atoms with Crippen LogP contribution < -0.4 is 10.6 Å². The van der Waals surface area contributed by atoms with Crippen LogP contribution in [0.25, 0.3) is 27.9 Å². The van der Waals surface area contributed by atoms with Crippen molar-refractivity contribution in [1.82, 2.24) is 29.9 Å². The van der Waals surface area contributed by atoms with Gasteiger partial charge in [-0.2, -0.15) is 0 Å². The molecule has 1 amide bonds. The molecule has 4 heterocycles. The first-order valence-electron chi connectivity index (χ1n) is 13.5. The monoisotopic (exact) mass is 518 g/mol. The average Bonchev–Trinajstić information content (AvgIpc) is 3.62. The first-order valence-corrected chi connectivity index (χ1v) is 13.5. The van der Waals surface area contributed by atoms with Crippen LogP contribution in [0.5, 0.6) is 0 Å². The molecule has 2 aliphatic rings. The normalized spacial score (nSPS) is 18.9. The van der Waals surface area contributed by atoms with Crippen molar-refractivity contribution in [3.05, 3.63) is 65.7 Å². The number of fused-ring (bicyclic) bond motifs is 3. The molecule has 0 spiro atoms. The maximum absolute atomic E-state index is 15.1. The summed E-state index contributed by atoms with van der Waals surface area (Å²) in [6.07, 6.45) is 6.93. The lowest BCUT2D eigenvalue weighted by Crippen LogP contribution is -2.36. The Balaban J connectivity index is 1.15. The Morgan fingerprint density at radius 1 is 1.13 bits per heavy atom. The number of amides is 1. The number of alkyl halides is 1. The van der Waals surface area contributed by atoms with E-state index in [2.05, 4.69) is 25.5 Å². The maximum atomic E-state index is 15.1. The lowest BCUT2D eigenvalue weighted by molar-refractivity contribution is 0.0950. The highest BCUT2D eigenvalue weighted by atomic mass is 19.1. The van der Waals surface area contributed by atoms with Gasteiger partial charge < -0.3 is 15.5 Å². The largest absolute Gasteiger partial charge is 0.352 e. The van der Waals surface area contributed by atoms with Crippen molar-refractivity contribution in [3.8, 4) is 11.3 Å². The minimum absolute atomic E-state index is 0.151. The van der Waals surface area contributed by atoms with Crippen molar-refractivity contribution >= 4 is 22.6 Å². The second kappa shape index (κ2) is 10.7. The Labute approximate surface area is 220 Å². The molecule has 2 saturated heterocycles. The summed E-state index contributed by atoms with van der Waals surface area (Å²) in [5, 5.41) is 6.38. The standard InChI is InChI=1S/C29H32F2N6O/c30-21-8-13-36(14-9-21)12-2-11-33-29(38)20-5-7-27-25(16-20)34-17-28-35-26(18-37(27)28)22-6-4-19(15-23(22)31)24-3-1-10-32-24/h4-7,15-18,21,24,32H,1-3,8-14H2,(H,33,38). The molecule has 2 fully saturated rings. The van der Waals surface area contributed by atoms with Crippen LogP contribution in [0, 0.1) is 5.82 Å². The molecule has 1 unspecified atom stereocenters. The number of piperidine rings is 1. The van der Waals surface area contributed by atoms with Gasteiger partial charge in [0, 0.05) is 43.0 Å². The van der Waals surface area contributed by atoms with Gasteiger partial charge in [0.05, 0.1) is 22.9 Å². The third-order valence-corrected chi connectivity index (χ3v) is 7.74. The van der Waals surface area contributed by atoms with Crippen LogP contribution in [0.15, 0.2) is 48.8 Å². The topological polar surface area (TPSA) is 74.6 Å². The van der Waals surface area contributed by atoms with Gasteiger partial charge in [0.15, 0.2) is 5.65 Å². The summed E-state index contributed by atoms with van der Waals surface area (Å²) in [7, 11) is 0. The summed E-state index contributed by atoms with van der Waals surface area (Å²) in [4.78, 5) is 24.1. The number of halogens is 2. The van der Waals surface area contributed by atoms with Gasteiger partial charge in [0.1, 0.15) is 12.0 Å². The van der Waals surface area contributed by atoms with E-state index in [-0.39, 0.29) is 17.8 Å². The second-order valence-corrected chi connectivity index (χ2v) is 10.3. The van der Waals surface area contributed by atoms with Gasteiger partial charge in [0.2, 0.25) is 0 Å². The summed E-state index contributed by atoms with van der Waals surface area (Å²) in [6.45, 7) is 3.95. The average molecular weight is 519 g/mol. The van der Waals surface area contributed by atoms with E-state index in [4.69, 9.17) is 0 Å². The highest BCUT2D eigenvalue weighted by Gasteiger charge is 2.20. The number of nitrogens with one attached hydrogen (secondary N) is 2. The van der Waals surface area contributed by atoms with Gasteiger partial charge in [-0.15, -0.1) is 0 Å². The number of benzene rings is 2. The minimum Gasteiger partial charge on any atom is -0.352 e. The Hall–Kier alpha value is -3.43. The van der Waals surface area contributed by atoms with E-state index < -0.39 is 6.17 Å². The molecule has 2 aromatic carbocycles. The van der Waals surface area contributed by atoms with Gasteiger partial charge in [0.25, 0.3) is 5.91 Å². The first-order chi connectivity index (χ1) is 18.5. The summed E-state index contributed by atoms with van der Waals surface area (Å²) in [5.74, 6) is -0.441. The third-order valence-electron chi connectivity index (χ3n) is 7.74. The van der Waals surface area contributed by atoms with Crippen molar-refractivity contribution < 1.29 is 13.6 Å². The van der Waals surface area contributed by atoms with E-state index >= 15 is 4.39 Å². The minimum atomic E-state index is -0.672. The molecule has 2 aliphatic heterocycles. The van der Waals surface area contributed by atoms with Crippen molar-refractivity contribution in [2.75, 3.05) is 32.7 Å². The number of aromatic nitrogens is 3. The number of hydrogen-bond donors (Lipinski definition) is 2. The number of nitrogens with zero attached hydrogens (tertiary/aromatic N) is 4. The van der Waals surface area contributed by atoms with Gasteiger partial charge in [-0.05, 0) is 81.1 Å². The zero-order valence-corrected chi connectivity index (χ0v) is 21.3. The molecule has 4 aromatic rings. The van der Waals surface area contributed by atoms with Crippen molar-refractivity contribution in [1.29, 1.82) is 0 Å². The Morgan fingerprint density at radius 2 is 2.00 bits per heavy atom. The SMILES string of the molecule is O=C(NCCCN1CCC(F)CC1)c1ccc2c(c1)ncc1nc(-c3ccc(C4CCCN4)cc3F)cn12. The molecule has 1 atom stereocenters. The van der Waals surface area contributed by atoms with Gasteiger partial charge in [-0.1, -0.05) is 6.07 Å². The van der Waals surface area contributed by atoms with Crippen molar-refractivity contribution in [2.45, 2.75) is 44.3 Å². The molecule has 2 aromatic heterocycles. The lowest BCUT2D eigenvalue weighted by Gasteiger charge is -2.28. The summed E-state index contributed by atoms with van der Waals surface area (Å²) < 4.78 is 30.2. The smallest absolute Gasteiger partial charge is 0.251 e. The fourth-order valence-electron chi connectivity index (χ4n) is 5.56. The van der Waals surface area contributed by atoms with Crippen molar-refractivity contribution in [2.24, 2.45) is 0 Å². The molecule has 0 bridgehead atoms. The van der Waals surface area contributed by atoms with Crippen LogP contribution in [0.1, 0.15) is 54.1 Å². The number of imidazole rings is 1. The molecule has 0 aliphatic carbocycles. The van der Waals surface area contributed by atoms with E-state index in [1.165, 1.54) is 0 Å². The third kappa shape index (κ3) is 5.13. The quantitative estimate of drug-likeness (QED) is 0.348. The van der Waals surface area contributed by atoms with Gasteiger partial charge >= 0.3 is 0 Å². The lowest BCUT2D eigenvalue weighted by atomic mass is 10.0. The molecule has 0 saturated carbocycles. The number of likely N-dealkylation sites (tertiary alicyclic amines) is 1. The molecule has 0 radical (unpaired) electrons. The van der Waals surface area contributed by atoms with Crippen LogP contribution in [0.3, 0.4) is 0 Å². The number of carbonyl (C=O) groups excluding carboxylic acids is 1. The van der Waals surface area contributed by atoms with E-state index in [0.29, 0.717) is 47.4 Å². The Kier molecular flexibility index (Phi) is 7.04. The van der Waals surface area contributed by atoms with E-state index in [1.54, 1.807) is 30.5 Å². The molecule has 7 nitrogen and oxygen atoms in total. The summed E-state index contributed by atoms with van der Waals surface area (Å²) in [5.41, 5.74) is 4.56. The predicted molar refractivity (Wildman–Crippen MR) is 143 cm³/mol. The maximum Gasteiger partial charge on any atom is 0.251 e. The Bertz CT molecular complexity index is 1460.